The Morgan fingerprint density at radius 3 is 2.86 bits per heavy atom. The maximum atomic E-state index is 9.09. The average Bonchev–Trinajstić information content (AvgIpc) is 2.83. The van der Waals surface area contributed by atoms with Crippen molar-refractivity contribution in [2.45, 2.75) is 25.9 Å². The minimum Gasteiger partial charge on any atom is -0.496 e. The van der Waals surface area contributed by atoms with Gasteiger partial charge < -0.3 is 9.64 Å². The minimum absolute atomic E-state index is 0.456. The van der Waals surface area contributed by atoms with Crippen molar-refractivity contribution in [3.63, 3.8) is 0 Å². The number of benzene rings is 2. The first kappa shape index (κ1) is 13.5. The molecule has 1 unspecified atom stereocenters. The lowest BCUT2D eigenvalue weighted by molar-refractivity contribution is 0.408. The van der Waals surface area contributed by atoms with Gasteiger partial charge >= 0.3 is 0 Å². The number of fused-ring (bicyclic) bond motifs is 1. The number of anilines is 1. The summed E-state index contributed by atoms with van der Waals surface area (Å²) in [5.41, 5.74) is 4.40. The molecule has 0 fully saturated rings. The average molecular weight is 278 g/mol. The molecule has 3 nitrogen and oxygen atoms in total. The Morgan fingerprint density at radius 2 is 2.10 bits per heavy atom. The molecular formula is C18H18N2O. The van der Waals surface area contributed by atoms with Crippen molar-refractivity contribution in [2.75, 3.05) is 12.0 Å². The molecule has 21 heavy (non-hydrogen) atoms. The van der Waals surface area contributed by atoms with Crippen LogP contribution < -0.4 is 9.64 Å². The van der Waals surface area contributed by atoms with Crippen molar-refractivity contribution in [2.24, 2.45) is 0 Å². The molecule has 0 N–H and O–H groups in total. The van der Waals surface area contributed by atoms with Crippen LogP contribution in [0.1, 0.15) is 23.6 Å². The highest BCUT2D eigenvalue weighted by Gasteiger charge is 2.26. The summed E-state index contributed by atoms with van der Waals surface area (Å²) >= 11 is 0. The van der Waals surface area contributed by atoms with Gasteiger partial charge in [-0.2, -0.15) is 5.26 Å². The van der Waals surface area contributed by atoms with E-state index in [1.807, 2.05) is 12.1 Å². The summed E-state index contributed by atoms with van der Waals surface area (Å²) in [6.45, 7) is 3.00. The van der Waals surface area contributed by atoms with Crippen LogP contribution in [-0.2, 0) is 13.0 Å². The van der Waals surface area contributed by atoms with Crippen LogP contribution in [0.25, 0.3) is 0 Å². The minimum atomic E-state index is 0.456. The molecule has 106 valence electrons. The molecule has 0 aliphatic carbocycles. The molecule has 1 atom stereocenters. The van der Waals surface area contributed by atoms with Crippen LogP contribution in [0, 0.1) is 11.3 Å². The van der Waals surface area contributed by atoms with E-state index in [4.69, 9.17) is 10.00 Å². The molecule has 1 aliphatic heterocycles. The molecule has 0 saturated carbocycles. The van der Waals surface area contributed by atoms with E-state index in [0.29, 0.717) is 11.6 Å². The Hall–Kier alpha value is -2.47. The maximum Gasteiger partial charge on any atom is 0.123 e. The first-order valence-electron chi connectivity index (χ1n) is 7.14. The van der Waals surface area contributed by atoms with Crippen LogP contribution in [-0.4, -0.2) is 13.2 Å². The maximum absolute atomic E-state index is 9.09. The monoisotopic (exact) mass is 278 g/mol. The second-order valence-corrected chi connectivity index (χ2v) is 5.45. The molecule has 3 heteroatoms. The fourth-order valence-corrected chi connectivity index (χ4v) is 3.03. The van der Waals surface area contributed by atoms with Crippen molar-refractivity contribution < 1.29 is 4.74 Å². The molecule has 0 radical (unpaired) electrons. The Morgan fingerprint density at radius 1 is 1.29 bits per heavy atom. The van der Waals surface area contributed by atoms with E-state index in [1.165, 1.54) is 11.3 Å². The van der Waals surface area contributed by atoms with Crippen molar-refractivity contribution in [1.82, 2.24) is 0 Å². The fourth-order valence-electron chi connectivity index (χ4n) is 3.03. The molecule has 2 aromatic carbocycles. The zero-order valence-corrected chi connectivity index (χ0v) is 12.3. The second-order valence-electron chi connectivity index (χ2n) is 5.45. The lowest BCUT2D eigenvalue weighted by Crippen LogP contribution is -2.28. The van der Waals surface area contributed by atoms with Gasteiger partial charge in [-0.3, -0.25) is 0 Å². The highest BCUT2D eigenvalue weighted by Crippen LogP contribution is 2.34. The van der Waals surface area contributed by atoms with Crippen LogP contribution in [0.4, 0.5) is 5.69 Å². The van der Waals surface area contributed by atoms with Crippen LogP contribution in [0.2, 0.25) is 0 Å². The third-order valence-electron chi connectivity index (χ3n) is 4.10. The smallest absolute Gasteiger partial charge is 0.123 e. The first-order chi connectivity index (χ1) is 10.2. The van der Waals surface area contributed by atoms with E-state index in [2.05, 4.69) is 42.2 Å². The molecular weight excluding hydrogens is 260 g/mol. The number of rotatable bonds is 3. The molecule has 0 bridgehead atoms. The van der Waals surface area contributed by atoms with E-state index in [1.54, 1.807) is 13.2 Å². The molecule has 0 aromatic heterocycles. The standard InChI is InChI=1S/C18H18N2O/c1-13-9-15-5-3-4-6-17(15)20(13)12-16-10-14(11-19)7-8-18(16)21-2/h3-8,10,13H,9,12H2,1-2H3. The van der Waals surface area contributed by atoms with Gasteiger partial charge in [-0.1, -0.05) is 18.2 Å². The Labute approximate surface area is 125 Å². The van der Waals surface area contributed by atoms with Gasteiger partial charge in [0, 0.05) is 23.8 Å². The van der Waals surface area contributed by atoms with Gasteiger partial charge in [-0.15, -0.1) is 0 Å². The van der Waals surface area contributed by atoms with E-state index < -0.39 is 0 Å². The van der Waals surface area contributed by atoms with E-state index >= 15 is 0 Å². The van der Waals surface area contributed by atoms with Gasteiger partial charge in [-0.25, -0.2) is 0 Å². The summed E-state index contributed by atoms with van der Waals surface area (Å²) in [6.07, 6.45) is 1.07. The van der Waals surface area contributed by atoms with Crippen LogP contribution >= 0.6 is 0 Å². The second kappa shape index (κ2) is 5.49. The van der Waals surface area contributed by atoms with Gasteiger partial charge in [-0.05, 0) is 43.2 Å². The van der Waals surface area contributed by atoms with E-state index in [9.17, 15) is 0 Å². The van der Waals surface area contributed by atoms with Gasteiger partial charge in [0.15, 0.2) is 0 Å². The van der Waals surface area contributed by atoms with E-state index in [0.717, 1.165) is 24.3 Å². The largest absolute Gasteiger partial charge is 0.496 e. The van der Waals surface area contributed by atoms with Crippen molar-refractivity contribution in [3.05, 3.63) is 59.2 Å². The number of nitrogens with zero attached hydrogens (tertiary/aromatic N) is 2. The quantitative estimate of drug-likeness (QED) is 0.862. The Kier molecular flexibility index (Phi) is 3.53. The lowest BCUT2D eigenvalue weighted by atomic mass is 10.1. The highest BCUT2D eigenvalue weighted by molar-refractivity contribution is 5.60. The van der Waals surface area contributed by atoms with Crippen LogP contribution in [0.15, 0.2) is 42.5 Å². The Bertz CT molecular complexity index is 703. The molecule has 1 aliphatic rings. The predicted molar refractivity (Wildman–Crippen MR) is 83.5 cm³/mol. The first-order valence-corrected chi connectivity index (χ1v) is 7.14. The highest BCUT2D eigenvalue weighted by atomic mass is 16.5. The van der Waals surface area contributed by atoms with Crippen molar-refractivity contribution in [1.29, 1.82) is 5.26 Å². The number of ether oxygens (including phenoxy) is 1. The summed E-state index contributed by atoms with van der Waals surface area (Å²) in [6, 6.07) is 16.8. The predicted octanol–water partition coefficient (Wildman–Crippen LogP) is 3.52. The number of nitriles is 1. The van der Waals surface area contributed by atoms with Crippen LogP contribution in [0.5, 0.6) is 5.75 Å². The third kappa shape index (κ3) is 2.45. The summed E-state index contributed by atoms with van der Waals surface area (Å²) in [5, 5.41) is 9.09. The molecule has 3 rings (SSSR count). The number of methoxy groups -OCH3 is 1. The molecule has 0 amide bonds. The molecule has 1 heterocycles. The summed E-state index contributed by atoms with van der Waals surface area (Å²) in [7, 11) is 1.67. The van der Waals surface area contributed by atoms with Gasteiger partial charge in [0.25, 0.3) is 0 Å². The zero-order valence-electron chi connectivity index (χ0n) is 12.3. The van der Waals surface area contributed by atoms with Crippen molar-refractivity contribution in [3.8, 4) is 11.8 Å². The normalized spacial score (nSPS) is 16.4. The van der Waals surface area contributed by atoms with Gasteiger partial charge in [0.05, 0.1) is 18.7 Å². The van der Waals surface area contributed by atoms with Crippen LogP contribution in [0.3, 0.4) is 0 Å². The SMILES string of the molecule is COc1ccc(C#N)cc1CN1c2ccccc2CC1C. The summed E-state index contributed by atoms with van der Waals surface area (Å²) in [4.78, 5) is 2.38. The molecule has 0 spiro atoms. The van der Waals surface area contributed by atoms with Gasteiger partial charge in [0.2, 0.25) is 0 Å². The fraction of sp³-hybridized carbons (Fsp3) is 0.278. The van der Waals surface area contributed by atoms with Gasteiger partial charge in [0.1, 0.15) is 5.75 Å². The van der Waals surface area contributed by atoms with E-state index in [-0.39, 0.29) is 0 Å². The number of hydrogen-bond donors (Lipinski definition) is 0. The molecule has 2 aromatic rings. The Balaban J connectivity index is 1.95. The lowest BCUT2D eigenvalue weighted by Gasteiger charge is -2.26. The molecule has 0 saturated heterocycles. The number of para-hydroxylation sites is 1. The topological polar surface area (TPSA) is 36.3 Å². The van der Waals surface area contributed by atoms with Crippen molar-refractivity contribution >= 4 is 5.69 Å². The number of hydrogen-bond acceptors (Lipinski definition) is 3. The zero-order chi connectivity index (χ0) is 14.8. The third-order valence-corrected chi connectivity index (χ3v) is 4.10. The summed E-state index contributed by atoms with van der Waals surface area (Å²) in [5.74, 6) is 0.839. The summed E-state index contributed by atoms with van der Waals surface area (Å²) < 4.78 is 5.44.